The van der Waals surface area contributed by atoms with Gasteiger partial charge in [0, 0.05) is 19.7 Å². The quantitative estimate of drug-likeness (QED) is 0.390. The minimum atomic E-state index is -0.471. The molecule has 0 fully saturated rings. The second-order valence-corrected chi connectivity index (χ2v) is 9.08. The lowest BCUT2D eigenvalue weighted by atomic mass is 9.99. The standard InChI is InChI=1S/C29H25FN4O3/c1-4-37-18-15-13-17(14-16-18)24-27-26-23(28(35)33(3)29(36)32(26)2)25(19-9-5-6-10-20(19)30)34(27)22-12-8-7-11-21(22)31-24/h5-16,24,31H,4H2,1-3H3. The molecule has 1 aliphatic heterocycles. The van der Waals surface area contributed by atoms with Crippen molar-refractivity contribution < 1.29 is 9.13 Å². The second kappa shape index (κ2) is 8.51. The maximum absolute atomic E-state index is 15.4. The molecule has 1 aliphatic rings. The third kappa shape index (κ3) is 3.32. The van der Waals surface area contributed by atoms with Gasteiger partial charge in [-0.2, -0.15) is 0 Å². The van der Waals surface area contributed by atoms with Crippen LogP contribution in [0.15, 0.2) is 82.4 Å². The van der Waals surface area contributed by atoms with E-state index in [4.69, 9.17) is 4.74 Å². The summed E-state index contributed by atoms with van der Waals surface area (Å²) in [6, 6.07) is 21.4. The van der Waals surface area contributed by atoms with Gasteiger partial charge in [-0.15, -0.1) is 0 Å². The summed E-state index contributed by atoms with van der Waals surface area (Å²) in [5.74, 6) is 0.297. The third-order valence-corrected chi connectivity index (χ3v) is 6.98. The highest BCUT2D eigenvalue weighted by Crippen LogP contribution is 2.45. The number of nitrogens with one attached hydrogen (secondary N) is 1. The summed E-state index contributed by atoms with van der Waals surface area (Å²) in [4.78, 5) is 26.8. The summed E-state index contributed by atoms with van der Waals surface area (Å²) in [6.07, 6.45) is 0. The van der Waals surface area contributed by atoms with E-state index in [-0.39, 0.29) is 5.56 Å². The van der Waals surface area contributed by atoms with Crippen LogP contribution in [-0.4, -0.2) is 20.3 Å². The number of hydrogen-bond acceptors (Lipinski definition) is 4. The van der Waals surface area contributed by atoms with Gasteiger partial charge in [-0.05, 0) is 48.9 Å². The number of aromatic nitrogens is 3. The molecule has 1 unspecified atom stereocenters. The van der Waals surface area contributed by atoms with Crippen LogP contribution in [0.5, 0.6) is 5.75 Å². The fourth-order valence-electron chi connectivity index (χ4n) is 5.30. The van der Waals surface area contributed by atoms with Crippen LogP contribution < -0.4 is 21.3 Å². The van der Waals surface area contributed by atoms with Crippen molar-refractivity contribution in [2.45, 2.75) is 13.0 Å². The number of halogens is 1. The topological polar surface area (TPSA) is 70.2 Å². The van der Waals surface area contributed by atoms with Crippen molar-refractivity contribution in [1.29, 1.82) is 0 Å². The molecule has 0 bridgehead atoms. The Hall–Kier alpha value is -4.59. The molecule has 2 aromatic heterocycles. The SMILES string of the molecule is CCOc1ccc(C2Nc3ccccc3-n3c(-c4ccccc4F)c4c(=O)n(C)c(=O)n(C)c4c32)cc1. The van der Waals surface area contributed by atoms with E-state index >= 15 is 4.39 Å². The van der Waals surface area contributed by atoms with Crippen molar-refractivity contribution in [3.63, 3.8) is 0 Å². The molecular formula is C29H25FN4O3. The molecule has 5 aromatic rings. The van der Waals surface area contributed by atoms with Crippen molar-refractivity contribution in [3.8, 4) is 22.7 Å². The second-order valence-electron chi connectivity index (χ2n) is 9.08. The lowest BCUT2D eigenvalue weighted by Gasteiger charge is -2.31. The molecule has 1 N–H and O–H groups in total. The molecule has 0 saturated carbocycles. The molecule has 0 radical (unpaired) electrons. The smallest absolute Gasteiger partial charge is 0.331 e. The summed E-state index contributed by atoms with van der Waals surface area (Å²) in [7, 11) is 3.09. The highest BCUT2D eigenvalue weighted by atomic mass is 19.1. The summed E-state index contributed by atoms with van der Waals surface area (Å²) in [5, 5.41) is 3.88. The van der Waals surface area contributed by atoms with Crippen molar-refractivity contribution >= 4 is 16.6 Å². The Balaban J connectivity index is 1.80. The zero-order valence-corrected chi connectivity index (χ0v) is 20.7. The van der Waals surface area contributed by atoms with Crippen LogP contribution in [0.2, 0.25) is 0 Å². The largest absolute Gasteiger partial charge is 0.494 e. The van der Waals surface area contributed by atoms with Gasteiger partial charge < -0.3 is 14.6 Å². The first kappa shape index (κ1) is 22.8. The molecule has 0 spiro atoms. The summed E-state index contributed by atoms with van der Waals surface area (Å²) < 4.78 is 25.5. The summed E-state index contributed by atoms with van der Waals surface area (Å²) >= 11 is 0. The van der Waals surface area contributed by atoms with E-state index in [0.717, 1.165) is 27.3 Å². The van der Waals surface area contributed by atoms with Crippen LogP contribution in [0, 0.1) is 5.82 Å². The van der Waals surface area contributed by atoms with E-state index in [0.29, 0.717) is 28.9 Å². The van der Waals surface area contributed by atoms with E-state index in [1.165, 1.54) is 17.7 Å². The predicted octanol–water partition coefficient (Wildman–Crippen LogP) is 4.75. The zero-order chi connectivity index (χ0) is 25.8. The molecular weight excluding hydrogens is 471 g/mol. The minimum absolute atomic E-state index is 0.289. The minimum Gasteiger partial charge on any atom is -0.494 e. The van der Waals surface area contributed by atoms with Crippen molar-refractivity contribution in [2.24, 2.45) is 14.1 Å². The number of para-hydroxylation sites is 2. The molecule has 1 atom stereocenters. The van der Waals surface area contributed by atoms with Crippen LogP contribution in [-0.2, 0) is 14.1 Å². The molecule has 0 saturated heterocycles. The first-order chi connectivity index (χ1) is 17.9. The molecule has 3 heterocycles. The maximum Gasteiger partial charge on any atom is 0.331 e. The van der Waals surface area contributed by atoms with Crippen LogP contribution in [0.25, 0.3) is 27.8 Å². The molecule has 3 aromatic carbocycles. The predicted molar refractivity (Wildman–Crippen MR) is 142 cm³/mol. The maximum atomic E-state index is 15.4. The Morgan fingerprint density at radius 3 is 2.35 bits per heavy atom. The molecule has 8 heteroatoms. The normalized spacial score (nSPS) is 14.2. The Morgan fingerprint density at radius 2 is 1.62 bits per heavy atom. The van der Waals surface area contributed by atoms with Crippen LogP contribution in [0.1, 0.15) is 24.2 Å². The Morgan fingerprint density at radius 1 is 0.919 bits per heavy atom. The Labute approximate surface area is 212 Å². The van der Waals surface area contributed by atoms with Crippen LogP contribution in [0.3, 0.4) is 0 Å². The summed E-state index contributed by atoms with van der Waals surface area (Å²) in [5.41, 5.74) is 3.45. The van der Waals surface area contributed by atoms with Crippen LogP contribution in [0.4, 0.5) is 10.1 Å². The van der Waals surface area contributed by atoms with Crippen molar-refractivity contribution in [2.75, 3.05) is 11.9 Å². The first-order valence-corrected chi connectivity index (χ1v) is 12.1. The van der Waals surface area contributed by atoms with Gasteiger partial charge in [0.2, 0.25) is 0 Å². The van der Waals surface area contributed by atoms with E-state index in [9.17, 15) is 9.59 Å². The molecule has 0 amide bonds. The van der Waals surface area contributed by atoms with Gasteiger partial charge in [-0.3, -0.25) is 13.9 Å². The van der Waals surface area contributed by atoms with E-state index in [1.54, 1.807) is 25.2 Å². The van der Waals surface area contributed by atoms with Gasteiger partial charge in [-0.25, -0.2) is 9.18 Å². The van der Waals surface area contributed by atoms with Crippen LogP contribution >= 0.6 is 0 Å². The molecule has 6 rings (SSSR count). The number of ether oxygens (including phenoxy) is 1. The third-order valence-electron chi connectivity index (χ3n) is 6.98. The summed E-state index contributed by atoms with van der Waals surface area (Å²) in [6.45, 7) is 2.48. The van der Waals surface area contributed by atoms with Gasteiger partial charge in [0.1, 0.15) is 11.6 Å². The molecule has 37 heavy (non-hydrogen) atoms. The van der Waals surface area contributed by atoms with Gasteiger partial charge >= 0.3 is 5.69 Å². The Kier molecular flexibility index (Phi) is 5.26. The van der Waals surface area contributed by atoms with E-state index in [1.807, 2.05) is 60.0 Å². The number of rotatable bonds is 4. The fraction of sp³-hybridized carbons (Fsp3) is 0.172. The van der Waals surface area contributed by atoms with Gasteiger partial charge in [0.15, 0.2) is 0 Å². The number of fused-ring (bicyclic) bond motifs is 5. The van der Waals surface area contributed by atoms with Gasteiger partial charge in [0.25, 0.3) is 5.56 Å². The lowest BCUT2D eigenvalue weighted by molar-refractivity contribution is 0.340. The molecule has 7 nitrogen and oxygen atoms in total. The van der Waals surface area contributed by atoms with Crippen molar-refractivity contribution in [3.05, 3.63) is 111 Å². The highest BCUT2D eigenvalue weighted by molar-refractivity contribution is 5.99. The van der Waals surface area contributed by atoms with E-state index < -0.39 is 23.1 Å². The number of anilines is 1. The van der Waals surface area contributed by atoms with E-state index in [2.05, 4.69) is 5.32 Å². The fourth-order valence-corrected chi connectivity index (χ4v) is 5.30. The number of nitrogens with zero attached hydrogens (tertiary/aromatic N) is 3. The average Bonchev–Trinajstić information content (AvgIpc) is 3.27. The first-order valence-electron chi connectivity index (χ1n) is 12.1. The monoisotopic (exact) mass is 496 g/mol. The number of aryl methyl sites for hydroxylation is 1. The molecule has 186 valence electrons. The van der Waals surface area contributed by atoms with Gasteiger partial charge in [0.05, 0.1) is 46.3 Å². The lowest BCUT2D eigenvalue weighted by Crippen LogP contribution is -2.37. The average molecular weight is 497 g/mol. The highest BCUT2D eigenvalue weighted by Gasteiger charge is 2.35. The number of benzene rings is 3. The van der Waals surface area contributed by atoms with Crippen molar-refractivity contribution in [1.82, 2.24) is 13.7 Å². The zero-order valence-electron chi connectivity index (χ0n) is 20.7. The molecule has 0 aliphatic carbocycles. The number of hydrogen-bond donors (Lipinski definition) is 1. The van der Waals surface area contributed by atoms with Gasteiger partial charge in [-0.1, -0.05) is 36.4 Å². The Bertz CT molecular complexity index is 1800.